The molecule has 2 atom stereocenters. The fourth-order valence-corrected chi connectivity index (χ4v) is 3.97. The minimum absolute atomic E-state index is 0.0720. The van der Waals surface area contributed by atoms with Crippen LogP contribution in [0.4, 0.5) is 5.69 Å². The molecule has 1 aromatic heterocycles. The van der Waals surface area contributed by atoms with Crippen molar-refractivity contribution in [1.82, 2.24) is 20.4 Å². The maximum atomic E-state index is 13.5. The van der Waals surface area contributed by atoms with E-state index in [0.29, 0.717) is 48.7 Å². The molecule has 0 fully saturated rings. The number of anilines is 1. The topological polar surface area (TPSA) is 132 Å². The molecule has 0 aliphatic heterocycles. The molecular weight excluding hydrogens is 398 g/mol. The first kappa shape index (κ1) is 21.3. The molecule has 0 radical (unpaired) electrons. The third-order valence-corrected chi connectivity index (χ3v) is 5.31. The highest BCUT2D eigenvalue weighted by molar-refractivity contribution is 6.28. The summed E-state index contributed by atoms with van der Waals surface area (Å²) >= 11 is 0. The van der Waals surface area contributed by atoms with Gasteiger partial charge >= 0.3 is 0 Å². The van der Waals surface area contributed by atoms with E-state index in [1.54, 1.807) is 26.0 Å². The highest BCUT2D eigenvalue weighted by atomic mass is 16.3. The van der Waals surface area contributed by atoms with Gasteiger partial charge < -0.3 is 20.6 Å². The predicted octanol–water partition coefficient (Wildman–Crippen LogP) is 1.22. The van der Waals surface area contributed by atoms with Crippen LogP contribution in [-0.2, 0) is 6.54 Å². The first-order valence-electron chi connectivity index (χ1n) is 10.4. The maximum Gasteiger partial charge on any atom is 0.200 e. The Bertz CT molecular complexity index is 1120. The number of hydrogen-bond acceptors (Lipinski definition) is 8. The molecule has 1 aliphatic rings. The van der Waals surface area contributed by atoms with E-state index in [1.165, 1.54) is 6.07 Å². The van der Waals surface area contributed by atoms with Gasteiger partial charge in [-0.3, -0.25) is 20.1 Å². The molecule has 0 bridgehead atoms. The maximum absolute atomic E-state index is 13.5. The van der Waals surface area contributed by atoms with Gasteiger partial charge in [-0.1, -0.05) is 12.1 Å². The summed E-state index contributed by atoms with van der Waals surface area (Å²) in [5, 5.41) is 43.9. The van der Waals surface area contributed by atoms with E-state index in [1.807, 2.05) is 16.8 Å². The SMILES string of the molecule is CC(O)NCCNc1ccc2c3c(nn2CCNC(C)O)-c2cccc(O)c2C(=O)c13. The summed E-state index contributed by atoms with van der Waals surface area (Å²) in [5.41, 5.74) is 3.46. The Morgan fingerprint density at radius 3 is 2.48 bits per heavy atom. The van der Waals surface area contributed by atoms with Gasteiger partial charge in [0.05, 0.1) is 23.2 Å². The first-order chi connectivity index (χ1) is 14.9. The van der Waals surface area contributed by atoms with Crippen LogP contribution >= 0.6 is 0 Å². The summed E-state index contributed by atoms with van der Waals surface area (Å²) in [6.07, 6.45) is -1.24. The van der Waals surface area contributed by atoms with Crippen LogP contribution in [0.5, 0.6) is 5.75 Å². The zero-order valence-corrected chi connectivity index (χ0v) is 17.5. The Balaban J connectivity index is 1.79. The zero-order valence-electron chi connectivity index (χ0n) is 17.5. The molecule has 9 heteroatoms. The van der Waals surface area contributed by atoms with E-state index in [9.17, 15) is 20.1 Å². The zero-order chi connectivity index (χ0) is 22.1. The van der Waals surface area contributed by atoms with Crippen LogP contribution in [0.25, 0.3) is 22.2 Å². The van der Waals surface area contributed by atoms with Crippen LogP contribution in [0.15, 0.2) is 30.3 Å². The van der Waals surface area contributed by atoms with Crippen molar-refractivity contribution in [2.45, 2.75) is 32.8 Å². The monoisotopic (exact) mass is 425 g/mol. The lowest BCUT2D eigenvalue weighted by atomic mass is 9.86. The number of aromatic nitrogens is 2. The summed E-state index contributed by atoms with van der Waals surface area (Å²) in [6, 6.07) is 8.76. The highest BCUT2D eigenvalue weighted by Gasteiger charge is 2.33. The molecule has 2 unspecified atom stereocenters. The molecule has 4 rings (SSSR count). The van der Waals surface area contributed by atoms with E-state index in [0.717, 1.165) is 10.9 Å². The molecule has 0 amide bonds. The largest absolute Gasteiger partial charge is 0.507 e. The van der Waals surface area contributed by atoms with Crippen molar-refractivity contribution < 1.29 is 20.1 Å². The van der Waals surface area contributed by atoms with Gasteiger partial charge in [-0.15, -0.1) is 0 Å². The van der Waals surface area contributed by atoms with Crippen LogP contribution in [0.3, 0.4) is 0 Å². The summed E-state index contributed by atoms with van der Waals surface area (Å²) in [7, 11) is 0. The summed E-state index contributed by atoms with van der Waals surface area (Å²) < 4.78 is 1.81. The fourth-order valence-electron chi connectivity index (χ4n) is 3.97. The Kier molecular flexibility index (Phi) is 5.92. The van der Waals surface area contributed by atoms with E-state index >= 15 is 0 Å². The number of nitrogens with zero attached hydrogens (tertiary/aromatic N) is 2. The molecule has 0 saturated carbocycles. The molecule has 9 nitrogen and oxygen atoms in total. The average molecular weight is 425 g/mol. The van der Waals surface area contributed by atoms with Gasteiger partial charge in [-0.2, -0.15) is 5.10 Å². The third kappa shape index (κ3) is 4.00. The van der Waals surface area contributed by atoms with Crippen LogP contribution in [0.2, 0.25) is 0 Å². The van der Waals surface area contributed by atoms with Crippen LogP contribution < -0.4 is 16.0 Å². The van der Waals surface area contributed by atoms with Crippen molar-refractivity contribution in [1.29, 1.82) is 0 Å². The Morgan fingerprint density at radius 2 is 1.74 bits per heavy atom. The van der Waals surface area contributed by atoms with Crippen molar-refractivity contribution in [3.05, 3.63) is 41.5 Å². The quantitative estimate of drug-likeness (QED) is 0.174. The van der Waals surface area contributed by atoms with E-state index in [2.05, 4.69) is 16.0 Å². The number of rotatable bonds is 9. The second-order valence-corrected chi connectivity index (χ2v) is 7.67. The Labute approximate surface area is 179 Å². The van der Waals surface area contributed by atoms with Gasteiger partial charge in [0.25, 0.3) is 0 Å². The minimum atomic E-state index is -0.627. The van der Waals surface area contributed by atoms with E-state index in [-0.39, 0.29) is 17.1 Å². The second-order valence-electron chi connectivity index (χ2n) is 7.67. The number of aliphatic hydroxyl groups excluding tert-OH is 2. The average Bonchev–Trinajstić information content (AvgIpc) is 3.08. The first-order valence-corrected chi connectivity index (χ1v) is 10.4. The molecule has 0 saturated heterocycles. The molecule has 3 aromatic rings. The van der Waals surface area contributed by atoms with Gasteiger partial charge in [0.1, 0.15) is 23.9 Å². The highest BCUT2D eigenvalue weighted by Crippen LogP contribution is 2.44. The van der Waals surface area contributed by atoms with Crippen molar-refractivity contribution >= 4 is 22.4 Å². The Hall–Kier alpha value is -2.98. The lowest BCUT2D eigenvalue weighted by Gasteiger charge is -2.19. The molecule has 1 heterocycles. The number of fused-ring (bicyclic) bond motifs is 2. The lowest BCUT2D eigenvalue weighted by Crippen LogP contribution is -2.30. The summed E-state index contributed by atoms with van der Waals surface area (Å²) in [6.45, 7) is 5.34. The second kappa shape index (κ2) is 8.64. The number of phenols is 1. The molecule has 31 heavy (non-hydrogen) atoms. The number of carbonyl (C=O) groups excluding carboxylic acids is 1. The summed E-state index contributed by atoms with van der Waals surface area (Å²) in [5.74, 6) is -0.323. The van der Waals surface area contributed by atoms with Gasteiger partial charge in [-0.05, 0) is 32.0 Å². The van der Waals surface area contributed by atoms with Gasteiger partial charge in [0.2, 0.25) is 0 Å². The standard InChI is InChI=1S/C22H27N5O4/c1-12(28)23-8-9-25-15-6-7-16-20-19(15)22(31)18-14(4-3-5-17(18)30)21(20)26-27(16)11-10-24-13(2)29/h3-7,12-13,23-25,28-30H,8-11H2,1-2H3. The van der Waals surface area contributed by atoms with Crippen LogP contribution in [-0.4, -0.2) is 63.0 Å². The number of carbonyl (C=O) groups is 1. The third-order valence-electron chi connectivity index (χ3n) is 5.31. The molecule has 164 valence electrons. The fraction of sp³-hybridized carbons (Fsp3) is 0.364. The van der Waals surface area contributed by atoms with Gasteiger partial charge in [0, 0.05) is 36.3 Å². The van der Waals surface area contributed by atoms with Crippen LogP contribution in [0.1, 0.15) is 29.8 Å². The Morgan fingerprint density at radius 1 is 1.00 bits per heavy atom. The smallest absolute Gasteiger partial charge is 0.200 e. The molecule has 1 aliphatic carbocycles. The number of benzene rings is 2. The molecule has 2 aromatic carbocycles. The lowest BCUT2D eigenvalue weighted by molar-refractivity contribution is 0.103. The number of phenolic OH excluding ortho intramolecular Hbond substituents is 1. The van der Waals surface area contributed by atoms with E-state index < -0.39 is 12.5 Å². The normalized spacial score (nSPS) is 14.5. The number of ketones is 1. The molecule has 6 N–H and O–H groups in total. The number of nitrogens with one attached hydrogen (secondary N) is 3. The van der Waals surface area contributed by atoms with Crippen molar-refractivity contribution in [3.63, 3.8) is 0 Å². The number of hydrogen-bond donors (Lipinski definition) is 6. The summed E-state index contributed by atoms with van der Waals surface area (Å²) in [4.78, 5) is 13.5. The van der Waals surface area contributed by atoms with Crippen molar-refractivity contribution in [3.8, 4) is 17.0 Å². The van der Waals surface area contributed by atoms with Gasteiger partial charge in [-0.25, -0.2) is 0 Å². The number of aliphatic hydroxyl groups is 2. The van der Waals surface area contributed by atoms with Crippen molar-refractivity contribution in [2.24, 2.45) is 0 Å². The van der Waals surface area contributed by atoms with E-state index in [4.69, 9.17) is 5.10 Å². The molecular formula is C22H27N5O4. The minimum Gasteiger partial charge on any atom is -0.507 e. The van der Waals surface area contributed by atoms with Crippen molar-refractivity contribution in [2.75, 3.05) is 25.0 Å². The predicted molar refractivity (Wildman–Crippen MR) is 118 cm³/mol. The van der Waals surface area contributed by atoms with Crippen LogP contribution in [0, 0.1) is 0 Å². The molecule has 0 spiro atoms. The number of aromatic hydroxyl groups is 1. The van der Waals surface area contributed by atoms with Gasteiger partial charge in [0.15, 0.2) is 5.78 Å².